The molecule has 0 aromatic heterocycles. The normalized spacial score (nSPS) is 13.8. The average Bonchev–Trinajstić information content (AvgIpc) is 2.27. The second kappa shape index (κ2) is 8.18. The van der Waals surface area contributed by atoms with Gasteiger partial charge in [-0.3, -0.25) is 0 Å². The van der Waals surface area contributed by atoms with Crippen molar-refractivity contribution in [3.63, 3.8) is 0 Å². The van der Waals surface area contributed by atoms with E-state index in [0.717, 1.165) is 25.7 Å². The van der Waals surface area contributed by atoms with Crippen molar-refractivity contribution in [1.82, 2.24) is 0 Å². The van der Waals surface area contributed by atoms with Crippen LogP contribution in [0.25, 0.3) is 0 Å². The van der Waals surface area contributed by atoms with Crippen molar-refractivity contribution >= 4 is 0 Å². The molecule has 0 aromatic rings. The topological polar surface area (TPSA) is 0 Å². The van der Waals surface area contributed by atoms with E-state index in [1.54, 1.807) is 6.92 Å². The number of halogens is 5. The van der Waals surface area contributed by atoms with E-state index in [2.05, 4.69) is 0 Å². The molecule has 0 bridgehead atoms. The Balaban J connectivity index is 4.73. The maximum absolute atomic E-state index is 13.3. The molecule has 20 heavy (non-hydrogen) atoms. The molecule has 0 atom stereocenters. The molecule has 0 saturated heterocycles. The van der Waals surface area contributed by atoms with Crippen LogP contribution < -0.4 is 0 Å². The lowest BCUT2D eigenvalue weighted by atomic mass is 9.75. The summed E-state index contributed by atoms with van der Waals surface area (Å²) in [5.41, 5.74) is -0.927. The van der Waals surface area contributed by atoms with Crippen LogP contribution in [0.4, 0.5) is 22.0 Å². The minimum atomic E-state index is -5.44. The summed E-state index contributed by atoms with van der Waals surface area (Å²) in [6.45, 7) is 5.55. The second-order valence-electron chi connectivity index (χ2n) is 6.10. The van der Waals surface area contributed by atoms with E-state index in [1.807, 2.05) is 13.8 Å². The highest BCUT2D eigenvalue weighted by atomic mass is 19.4. The van der Waals surface area contributed by atoms with Crippen LogP contribution in [0.1, 0.15) is 78.6 Å². The summed E-state index contributed by atoms with van der Waals surface area (Å²) < 4.78 is 63.8. The third-order valence-corrected chi connectivity index (χ3v) is 3.83. The van der Waals surface area contributed by atoms with Crippen LogP contribution in [-0.2, 0) is 0 Å². The highest BCUT2D eigenvalue weighted by molar-refractivity contribution is 4.86. The molecular formula is C15H27F5. The summed E-state index contributed by atoms with van der Waals surface area (Å²) in [6.07, 6.45) is -0.601. The van der Waals surface area contributed by atoms with E-state index < -0.39 is 23.9 Å². The van der Waals surface area contributed by atoms with Crippen molar-refractivity contribution in [2.24, 2.45) is 5.41 Å². The molecule has 0 aromatic carbocycles. The highest BCUT2D eigenvalue weighted by Gasteiger charge is 2.59. The number of hydrogen-bond acceptors (Lipinski definition) is 0. The molecule has 0 saturated carbocycles. The zero-order chi connectivity index (χ0) is 15.9. The van der Waals surface area contributed by atoms with Crippen LogP contribution in [0.5, 0.6) is 0 Å². The first-order valence-corrected chi connectivity index (χ1v) is 7.52. The van der Waals surface area contributed by atoms with Gasteiger partial charge in [-0.25, -0.2) is 0 Å². The number of alkyl halides is 5. The quantitative estimate of drug-likeness (QED) is 0.309. The number of unbranched alkanes of at least 4 members (excludes halogenated alkanes) is 4. The molecule has 122 valence electrons. The van der Waals surface area contributed by atoms with Crippen LogP contribution in [0.2, 0.25) is 0 Å². The summed E-state index contributed by atoms with van der Waals surface area (Å²) in [5.74, 6) is -4.58. The van der Waals surface area contributed by atoms with Crippen molar-refractivity contribution in [2.45, 2.75) is 90.7 Å². The first-order valence-electron chi connectivity index (χ1n) is 7.52. The SMILES string of the molecule is CCCCCC(C)(CCCCC)CC(F)(F)C(F)(F)F. The molecule has 0 aliphatic carbocycles. The fourth-order valence-corrected chi connectivity index (χ4v) is 2.54. The van der Waals surface area contributed by atoms with Crippen LogP contribution >= 0.6 is 0 Å². The van der Waals surface area contributed by atoms with E-state index in [0.29, 0.717) is 25.7 Å². The first kappa shape index (κ1) is 19.7. The largest absolute Gasteiger partial charge is 0.453 e. The van der Waals surface area contributed by atoms with E-state index in [1.165, 1.54) is 0 Å². The van der Waals surface area contributed by atoms with Crippen LogP contribution in [0.3, 0.4) is 0 Å². The molecule has 0 heterocycles. The summed E-state index contributed by atoms with van der Waals surface area (Å²) in [6, 6.07) is 0. The third-order valence-electron chi connectivity index (χ3n) is 3.83. The van der Waals surface area contributed by atoms with Crippen molar-refractivity contribution in [1.29, 1.82) is 0 Å². The lowest BCUT2D eigenvalue weighted by Crippen LogP contribution is -2.41. The molecule has 0 aliphatic heterocycles. The van der Waals surface area contributed by atoms with Gasteiger partial charge in [0.2, 0.25) is 0 Å². The summed E-state index contributed by atoms with van der Waals surface area (Å²) in [4.78, 5) is 0. The van der Waals surface area contributed by atoms with Gasteiger partial charge in [0, 0.05) is 6.42 Å². The Kier molecular flexibility index (Phi) is 8.04. The van der Waals surface area contributed by atoms with Crippen LogP contribution in [0, 0.1) is 5.41 Å². The lowest BCUT2D eigenvalue weighted by molar-refractivity contribution is -0.292. The lowest BCUT2D eigenvalue weighted by Gasteiger charge is -2.34. The minimum Gasteiger partial charge on any atom is -0.196 e. The smallest absolute Gasteiger partial charge is 0.196 e. The fraction of sp³-hybridized carbons (Fsp3) is 1.00. The van der Waals surface area contributed by atoms with Gasteiger partial charge in [-0.15, -0.1) is 0 Å². The van der Waals surface area contributed by atoms with Crippen molar-refractivity contribution < 1.29 is 22.0 Å². The Morgan fingerprint density at radius 2 is 1.10 bits per heavy atom. The first-order chi connectivity index (χ1) is 9.08. The zero-order valence-corrected chi connectivity index (χ0v) is 12.8. The molecule has 0 rings (SSSR count). The molecular weight excluding hydrogens is 275 g/mol. The van der Waals surface area contributed by atoms with Gasteiger partial charge >= 0.3 is 12.1 Å². The summed E-state index contributed by atoms with van der Waals surface area (Å²) in [7, 11) is 0. The second-order valence-corrected chi connectivity index (χ2v) is 6.10. The molecule has 0 spiro atoms. The van der Waals surface area contributed by atoms with Crippen molar-refractivity contribution in [3.8, 4) is 0 Å². The monoisotopic (exact) mass is 302 g/mol. The Bertz CT molecular complexity index is 247. The Morgan fingerprint density at radius 1 is 0.700 bits per heavy atom. The molecule has 0 aliphatic rings. The molecule has 0 radical (unpaired) electrons. The maximum atomic E-state index is 13.3. The van der Waals surface area contributed by atoms with E-state index >= 15 is 0 Å². The van der Waals surface area contributed by atoms with Gasteiger partial charge in [-0.05, 0) is 18.3 Å². The third kappa shape index (κ3) is 6.89. The Morgan fingerprint density at radius 3 is 1.40 bits per heavy atom. The van der Waals surface area contributed by atoms with Crippen molar-refractivity contribution in [3.05, 3.63) is 0 Å². The predicted octanol–water partition coefficient (Wildman–Crippen LogP) is 6.74. The summed E-state index contributed by atoms with van der Waals surface area (Å²) >= 11 is 0. The molecule has 0 fully saturated rings. The van der Waals surface area contributed by atoms with E-state index in [4.69, 9.17) is 0 Å². The molecule has 0 N–H and O–H groups in total. The number of hydrogen-bond donors (Lipinski definition) is 0. The fourth-order valence-electron chi connectivity index (χ4n) is 2.54. The maximum Gasteiger partial charge on any atom is 0.453 e. The minimum absolute atomic E-state index is 0.441. The molecule has 0 amide bonds. The van der Waals surface area contributed by atoms with Gasteiger partial charge in [0.05, 0.1) is 0 Å². The Labute approximate surface area is 119 Å². The predicted molar refractivity (Wildman–Crippen MR) is 72.0 cm³/mol. The summed E-state index contributed by atoms with van der Waals surface area (Å²) in [5, 5.41) is 0. The Hall–Kier alpha value is -0.350. The van der Waals surface area contributed by atoms with Gasteiger partial charge in [0.1, 0.15) is 0 Å². The molecule has 0 unspecified atom stereocenters. The number of rotatable bonds is 10. The average molecular weight is 302 g/mol. The highest BCUT2D eigenvalue weighted by Crippen LogP contribution is 2.47. The van der Waals surface area contributed by atoms with Gasteiger partial charge < -0.3 is 0 Å². The molecule has 5 heteroatoms. The van der Waals surface area contributed by atoms with Crippen LogP contribution in [0.15, 0.2) is 0 Å². The zero-order valence-electron chi connectivity index (χ0n) is 12.8. The van der Waals surface area contributed by atoms with Gasteiger partial charge in [0.15, 0.2) is 0 Å². The van der Waals surface area contributed by atoms with Gasteiger partial charge in [-0.2, -0.15) is 22.0 Å². The van der Waals surface area contributed by atoms with Crippen LogP contribution in [-0.4, -0.2) is 12.1 Å². The molecule has 0 nitrogen and oxygen atoms in total. The van der Waals surface area contributed by atoms with Gasteiger partial charge in [0.25, 0.3) is 0 Å². The standard InChI is InChI=1S/C15H27F5/c1-4-6-8-10-13(3,11-9-7-5-2)12-14(16,17)15(18,19)20/h4-12H2,1-3H3. The van der Waals surface area contributed by atoms with Crippen molar-refractivity contribution in [2.75, 3.05) is 0 Å². The van der Waals surface area contributed by atoms with E-state index in [-0.39, 0.29) is 0 Å². The van der Waals surface area contributed by atoms with Gasteiger partial charge in [-0.1, -0.05) is 59.3 Å². The van der Waals surface area contributed by atoms with E-state index in [9.17, 15) is 22.0 Å².